The molecule has 0 aromatic carbocycles. The molecule has 0 aliphatic rings. The van der Waals surface area contributed by atoms with Crippen molar-refractivity contribution in [1.29, 1.82) is 0 Å². The maximum Gasteiger partial charge on any atom is 0.0167 e. The first-order valence-electron chi connectivity index (χ1n) is 4.15. The predicted molar refractivity (Wildman–Crippen MR) is 46.9 cm³/mol. The van der Waals surface area contributed by atoms with Crippen molar-refractivity contribution in [2.24, 2.45) is 5.92 Å². The van der Waals surface area contributed by atoms with Crippen LogP contribution in [0.3, 0.4) is 0 Å². The fraction of sp³-hybridized carbons (Fsp3) is 0.778. The van der Waals surface area contributed by atoms with Crippen LogP contribution in [0.25, 0.3) is 0 Å². The van der Waals surface area contributed by atoms with E-state index >= 15 is 0 Å². The summed E-state index contributed by atoms with van der Waals surface area (Å²) < 4.78 is 0. The molecule has 0 heterocycles. The Morgan fingerprint density at radius 1 is 1.50 bits per heavy atom. The third-order valence-electron chi connectivity index (χ3n) is 1.53. The zero-order valence-electron chi connectivity index (χ0n) is 7.35. The molecule has 1 N–H and O–H groups in total. The van der Waals surface area contributed by atoms with Gasteiger partial charge in [0.25, 0.3) is 0 Å². The van der Waals surface area contributed by atoms with E-state index in [1.54, 1.807) is 0 Å². The van der Waals surface area contributed by atoms with E-state index in [0.717, 1.165) is 12.5 Å². The average molecular weight is 141 g/mol. The smallest absolute Gasteiger partial charge is 0.0167 e. The molecule has 1 atom stereocenters. The Morgan fingerprint density at radius 3 is 2.70 bits per heavy atom. The summed E-state index contributed by atoms with van der Waals surface area (Å²) in [5, 5.41) is 3.24. The van der Waals surface area contributed by atoms with E-state index in [1.165, 1.54) is 12.8 Å². The molecule has 0 aromatic heterocycles. The Hall–Kier alpha value is -0.460. The van der Waals surface area contributed by atoms with Gasteiger partial charge in [0.15, 0.2) is 0 Å². The van der Waals surface area contributed by atoms with Crippen LogP contribution in [-0.4, -0.2) is 6.54 Å². The van der Waals surface area contributed by atoms with Gasteiger partial charge in [-0.1, -0.05) is 26.3 Å². The summed E-state index contributed by atoms with van der Waals surface area (Å²) in [6.07, 6.45) is 6.65. The Kier molecular flexibility index (Phi) is 6.35. The molecule has 0 radical (unpaired) electrons. The van der Waals surface area contributed by atoms with Crippen LogP contribution in [0.1, 0.15) is 33.6 Å². The molecule has 0 rings (SSSR count). The molecule has 0 saturated carbocycles. The second-order valence-corrected chi connectivity index (χ2v) is 2.80. The van der Waals surface area contributed by atoms with Gasteiger partial charge >= 0.3 is 0 Å². The Bertz CT molecular complexity index is 86.7. The first kappa shape index (κ1) is 9.54. The van der Waals surface area contributed by atoms with Crippen LogP contribution >= 0.6 is 0 Å². The second kappa shape index (κ2) is 6.66. The topological polar surface area (TPSA) is 12.0 Å². The zero-order chi connectivity index (χ0) is 7.82. The van der Waals surface area contributed by atoms with Crippen LogP contribution in [0, 0.1) is 5.92 Å². The number of hydrogen-bond donors (Lipinski definition) is 1. The van der Waals surface area contributed by atoms with E-state index in [-0.39, 0.29) is 0 Å². The van der Waals surface area contributed by atoms with E-state index in [1.807, 2.05) is 19.2 Å². The predicted octanol–water partition coefficient (Wildman–Crippen LogP) is 2.55. The summed E-state index contributed by atoms with van der Waals surface area (Å²) in [5.74, 6) is 0.807. The number of rotatable bonds is 5. The van der Waals surface area contributed by atoms with Gasteiger partial charge in [-0.15, -0.1) is 0 Å². The molecule has 0 bridgehead atoms. The normalized spacial score (nSPS) is 13.9. The molecule has 0 amide bonds. The molecule has 60 valence electrons. The summed E-state index contributed by atoms with van der Waals surface area (Å²) in [5.41, 5.74) is 0. The minimum atomic E-state index is 0.807. The molecular weight excluding hydrogens is 122 g/mol. The Labute approximate surface area is 64.5 Å². The quantitative estimate of drug-likeness (QED) is 0.620. The minimum absolute atomic E-state index is 0.807. The maximum absolute atomic E-state index is 3.24. The SMILES string of the molecule is C/C=C/NCC(C)CCC. The van der Waals surface area contributed by atoms with Crippen molar-refractivity contribution < 1.29 is 0 Å². The van der Waals surface area contributed by atoms with Gasteiger partial charge in [0.1, 0.15) is 0 Å². The Balaban J connectivity index is 3.12. The second-order valence-electron chi connectivity index (χ2n) is 2.80. The van der Waals surface area contributed by atoms with E-state index in [4.69, 9.17) is 0 Å². The van der Waals surface area contributed by atoms with Crippen molar-refractivity contribution in [1.82, 2.24) is 5.32 Å². The summed E-state index contributed by atoms with van der Waals surface area (Å²) in [4.78, 5) is 0. The van der Waals surface area contributed by atoms with Crippen molar-refractivity contribution in [2.45, 2.75) is 33.6 Å². The van der Waals surface area contributed by atoms with Crippen LogP contribution in [0.2, 0.25) is 0 Å². The van der Waals surface area contributed by atoms with Crippen molar-refractivity contribution in [2.75, 3.05) is 6.54 Å². The highest BCUT2D eigenvalue weighted by molar-refractivity contribution is 4.74. The molecular formula is C9H19N. The van der Waals surface area contributed by atoms with Gasteiger partial charge in [-0.05, 0) is 25.5 Å². The first-order chi connectivity index (χ1) is 4.81. The standard InChI is InChI=1S/C9H19N/c1-4-6-9(3)8-10-7-5-2/h5,7,9-10H,4,6,8H2,1-3H3/b7-5+. The molecule has 1 unspecified atom stereocenters. The van der Waals surface area contributed by atoms with Gasteiger partial charge < -0.3 is 5.32 Å². The summed E-state index contributed by atoms with van der Waals surface area (Å²) in [6.45, 7) is 7.64. The van der Waals surface area contributed by atoms with Crippen LogP contribution < -0.4 is 5.32 Å². The molecule has 0 fully saturated rings. The highest BCUT2D eigenvalue weighted by atomic mass is 14.8. The van der Waals surface area contributed by atoms with Crippen molar-refractivity contribution in [3.05, 3.63) is 12.3 Å². The van der Waals surface area contributed by atoms with Gasteiger partial charge in [-0.2, -0.15) is 0 Å². The maximum atomic E-state index is 3.24. The monoisotopic (exact) mass is 141 g/mol. The lowest BCUT2D eigenvalue weighted by Gasteiger charge is -2.08. The molecule has 10 heavy (non-hydrogen) atoms. The lowest BCUT2D eigenvalue weighted by atomic mass is 10.1. The van der Waals surface area contributed by atoms with Crippen molar-refractivity contribution >= 4 is 0 Å². The third-order valence-corrected chi connectivity index (χ3v) is 1.53. The van der Waals surface area contributed by atoms with E-state index in [2.05, 4.69) is 19.2 Å². The summed E-state index contributed by atoms with van der Waals surface area (Å²) >= 11 is 0. The molecule has 0 aliphatic carbocycles. The minimum Gasteiger partial charge on any atom is -0.391 e. The Morgan fingerprint density at radius 2 is 2.20 bits per heavy atom. The van der Waals surface area contributed by atoms with Crippen LogP contribution in [0.15, 0.2) is 12.3 Å². The first-order valence-corrected chi connectivity index (χ1v) is 4.15. The fourth-order valence-electron chi connectivity index (χ4n) is 0.982. The summed E-state index contributed by atoms with van der Waals surface area (Å²) in [6, 6.07) is 0. The van der Waals surface area contributed by atoms with Gasteiger partial charge in [0.2, 0.25) is 0 Å². The molecule has 0 spiro atoms. The molecule has 1 heteroatoms. The van der Waals surface area contributed by atoms with Crippen LogP contribution in [0.5, 0.6) is 0 Å². The van der Waals surface area contributed by atoms with Crippen molar-refractivity contribution in [3.8, 4) is 0 Å². The van der Waals surface area contributed by atoms with Crippen molar-refractivity contribution in [3.63, 3.8) is 0 Å². The van der Waals surface area contributed by atoms with Gasteiger partial charge in [-0.25, -0.2) is 0 Å². The largest absolute Gasteiger partial charge is 0.391 e. The zero-order valence-corrected chi connectivity index (χ0v) is 7.35. The highest BCUT2D eigenvalue weighted by Crippen LogP contribution is 2.02. The third kappa shape index (κ3) is 5.67. The molecule has 0 aliphatic heterocycles. The molecule has 1 nitrogen and oxygen atoms in total. The summed E-state index contributed by atoms with van der Waals surface area (Å²) in [7, 11) is 0. The average Bonchev–Trinajstić information content (AvgIpc) is 1.89. The van der Waals surface area contributed by atoms with E-state index in [9.17, 15) is 0 Å². The number of allylic oxidation sites excluding steroid dienone is 1. The molecule has 0 saturated heterocycles. The number of nitrogens with one attached hydrogen (secondary N) is 1. The lowest BCUT2D eigenvalue weighted by molar-refractivity contribution is 0.507. The van der Waals surface area contributed by atoms with E-state index in [0.29, 0.717) is 0 Å². The van der Waals surface area contributed by atoms with Gasteiger partial charge in [-0.3, -0.25) is 0 Å². The lowest BCUT2D eigenvalue weighted by Crippen LogP contribution is -2.14. The van der Waals surface area contributed by atoms with E-state index < -0.39 is 0 Å². The van der Waals surface area contributed by atoms with Crippen LogP contribution in [-0.2, 0) is 0 Å². The fourth-order valence-corrected chi connectivity index (χ4v) is 0.982. The number of hydrogen-bond acceptors (Lipinski definition) is 1. The van der Waals surface area contributed by atoms with Gasteiger partial charge in [0.05, 0.1) is 0 Å². The highest BCUT2D eigenvalue weighted by Gasteiger charge is 1.96. The molecule has 0 aromatic rings. The van der Waals surface area contributed by atoms with Crippen LogP contribution in [0.4, 0.5) is 0 Å². The van der Waals surface area contributed by atoms with Gasteiger partial charge in [0, 0.05) is 6.54 Å².